The second kappa shape index (κ2) is 4.49. The molecule has 86 valence electrons. The molecule has 0 radical (unpaired) electrons. The van der Waals surface area contributed by atoms with Gasteiger partial charge in [-0.1, -0.05) is 0 Å². The minimum Gasteiger partial charge on any atom is -0.353 e. The van der Waals surface area contributed by atoms with Gasteiger partial charge in [0.1, 0.15) is 5.82 Å². The lowest BCUT2D eigenvalue weighted by Gasteiger charge is -2.28. The summed E-state index contributed by atoms with van der Waals surface area (Å²) in [5.74, 6) is 0.865. The molecule has 16 heavy (non-hydrogen) atoms. The number of nitrogens with zero attached hydrogens (tertiary/aromatic N) is 2. The molecule has 1 amide bonds. The molecule has 0 spiro atoms. The summed E-state index contributed by atoms with van der Waals surface area (Å²) in [6.45, 7) is 3.77. The van der Waals surface area contributed by atoms with E-state index in [4.69, 9.17) is 5.73 Å². The Morgan fingerprint density at radius 2 is 2.44 bits per heavy atom. The van der Waals surface area contributed by atoms with E-state index in [2.05, 4.69) is 10.3 Å². The fourth-order valence-corrected chi connectivity index (χ4v) is 1.72. The molecular formula is C11H16N4O. The first-order valence-corrected chi connectivity index (χ1v) is 5.40. The van der Waals surface area contributed by atoms with Crippen molar-refractivity contribution in [2.24, 2.45) is 5.73 Å². The van der Waals surface area contributed by atoms with E-state index < -0.39 is 0 Å². The van der Waals surface area contributed by atoms with Crippen molar-refractivity contribution in [2.75, 3.05) is 24.5 Å². The van der Waals surface area contributed by atoms with Crippen LogP contribution in [0.1, 0.15) is 18.5 Å². The summed E-state index contributed by atoms with van der Waals surface area (Å²) >= 11 is 0. The second-order valence-corrected chi connectivity index (χ2v) is 4.01. The van der Waals surface area contributed by atoms with Crippen LogP contribution in [0, 0.1) is 0 Å². The molecule has 1 saturated heterocycles. The molecule has 3 N–H and O–H groups in total. The van der Waals surface area contributed by atoms with Gasteiger partial charge in [-0.3, -0.25) is 4.79 Å². The Kier molecular flexibility index (Phi) is 3.05. The van der Waals surface area contributed by atoms with Gasteiger partial charge < -0.3 is 16.0 Å². The summed E-state index contributed by atoms with van der Waals surface area (Å²) in [5, 5.41) is 2.79. The molecule has 0 bridgehead atoms. The van der Waals surface area contributed by atoms with Crippen LogP contribution in [-0.2, 0) is 4.79 Å². The van der Waals surface area contributed by atoms with E-state index in [0.29, 0.717) is 13.1 Å². The van der Waals surface area contributed by atoms with Gasteiger partial charge in [0.25, 0.3) is 0 Å². The zero-order chi connectivity index (χ0) is 11.5. The van der Waals surface area contributed by atoms with E-state index in [-0.39, 0.29) is 11.9 Å². The van der Waals surface area contributed by atoms with Crippen LogP contribution >= 0.6 is 0 Å². The van der Waals surface area contributed by atoms with Crippen molar-refractivity contribution in [1.82, 2.24) is 10.3 Å². The van der Waals surface area contributed by atoms with Gasteiger partial charge in [0, 0.05) is 25.3 Å². The number of pyridine rings is 1. The van der Waals surface area contributed by atoms with Crippen LogP contribution in [0.4, 0.5) is 5.82 Å². The fourth-order valence-electron chi connectivity index (χ4n) is 1.72. The number of rotatable bonds is 2. The third kappa shape index (κ3) is 2.30. The molecule has 2 heterocycles. The number of aromatic nitrogens is 1. The number of carbonyl (C=O) groups excluding carboxylic acids is 1. The maximum atomic E-state index is 11.3. The normalized spacial score (nSPS) is 18.1. The van der Waals surface area contributed by atoms with Gasteiger partial charge in [0.15, 0.2) is 0 Å². The lowest BCUT2D eigenvalue weighted by molar-refractivity contribution is -0.120. The fraction of sp³-hybridized carbons (Fsp3) is 0.455. The van der Waals surface area contributed by atoms with Crippen LogP contribution in [0.2, 0.25) is 0 Å². The Bertz CT molecular complexity index is 391. The topological polar surface area (TPSA) is 71.2 Å². The predicted molar refractivity (Wildman–Crippen MR) is 62.1 cm³/mol. The van der Waals surface area contributed by atoms with Crippen molar-refractivity contribution in [3.05, 3.63) is 23.9 Å². The Morgan fingerprint density at radius 1 is 1.62 bits per heavy atom. The van der Waals surface area contributed by atoms with Crippen LogP contribution < -0.4 is 16.0 Å². The SMILES string of the molecule is CC(N)c1ccnc(N2CCNC(=O)C2)c1. The van der Waals surface area contributed by atoms with Gasteiger partial charge >= 0.3 is 0 Å². The Balaban J connectivity index is 2.19. The van der Waals surface area contributed by atoms with Crippen molar-refractivity contribution in [1.29, 1.82) is 0 Å². The van der Waals surface area contributed by atoms with Crippen molar-refractivity contribution >= 4 is 11.7 Å². The average molecular weight is 220 g/mol. The second-order valence-electron chi connectivity index (χ2n) is 4.01. The molecule has 0 aromatic carbocycles. The number of piperazine rings is 1. The van der Waals surface area contributed by atoms with E-state index in [1.165, 1.54) is 0 Å². The van der Waals surface area contributed by atoms with Gasteiger partial charge in [0.2, 0.25) is 5.91 Å². The Hall–Kier alpha value is -1.62. The highest BCUT2D eigenvalue weighted by molar-refractivity contribution is 5.82. The summed E-state index contributed by atoms with van der Waals surface area (Å²) in [5.41, 5.74) is 6.85. The van der Waals surface area contributed by atoms with E-state index in [0.717, 1.165) is 17.9 Å². The highest BCUT2D eigenvalue weighted by atomic mass is 16.2. The summed E-state index contributed by atoms with van der Waals surface area (Å²) < 4.78 is 0. The number of nitrogens with one attached hydrogen (secondary N) is 1. The first-order valence-electron chi connectivity index (χ1n) is 5.40. The number of amides is 1. The maximum Gasteiger partial charge on any atom is 0.239 e. The first kappa shape index (κ1) is 10.9. The summed E-state index contributed by atoms with van der Waals surface area (Å²) in [6, 6.07) is 3.84. The van der Waals surface area contributed by atoms with Crippen molar-refractivity contribution in [3.63, 3.8) is 0 Å². The number of anilines is 1. The third-order valence-electron chi connectivity index (χ3n) is 2.66. The molecule has 1 aromatic rings. The lowest BCUT2D eigenvalue weighted by atomic mass is 10.1. The summed E-state index contributed by atoms with van der Waals surface area (Å²) in [6.07, 6.45) is 1.74. The molecule has 1 fully saturated rings. The number of carbonyl (C=O) groups is 1. The largest absolute Gasteiger partial charge is 0.353 e. The molecular weight excluding hydrogens is 204 g/mol. The quantitative estimate of drug-likeness (QED) is 0.738. The third-order valence-corrected chi connectivity index (χ3v) is 2.66. The van der Waals surface area contributed by atoms with Gasteiger partial charge in [-0.05, 0) is 24.6 Å². The predicted octanol–water partition coefficient (Wildman–Crippen LogP) is 0.0375. The van der Waals surface area contributed by atoms with E-state index >= 15 is 0 Å². The van der Waals surface area contributed by atoms with Crippen LogP contribution in [0.25, 0.3) is 0 Å². The lowest BCUT2D eigenvalue weighted by Crippen LogP contribution is -2.48. The van der Waals surface area contributed by atoms with Crippen LogP contribution in [0.5, 0.6) is 0 Å². The smallest absolute Gasteiger partial charge is 0.239 e. The molecule has 2 rings (SSSR count). The van der Waals surface area contributed by atoms with Crippen LogP contribution in [-0.4, -0.2) is 30.5 Å². The van der Waals surface area contributed by atoms with Crippen LogP contribution in [0.15, 0.2) is 18.3 Å². The molecule has 1 aliphatic rings. The minimum absolute atomic E-state index is 0.0135. The maximum absolute atomic E-state index is 11.3. The highest BCUT2D eigenvalue weighted by Gasteiger charge is 2.17. The van der Waals surface area contributed by atoms with Crippen molar-refractivity contribution in [2.45, 2.75) is 13.0 Å². The summed E-state index contributed by atoms with van der Waals surface area (Å²) in [7, 11) is 0. The monoisotopic (exact) mass is 220 g/mol. The molecule has 0 aliphatic carbocycles. The summed E-state index contributed by atoms with van der Waals surface area (Å²) in [4.78, 5) is 17.5. The molecule has 1 aliphatic heterocycles. The van der Waals surface area contributed by atoms with Gasteiger partial charge in [-0.2, -0.15) is 0 Å². The zero-order valence-electron chi connectivity index (χ0n) is 9.31. The Labute approximate surface area is 94.6 Å². The number of nitrogens with two attached hydrogens (primary N) is 1. The van der Waals surface area contributed by atoms with Crippen molar-refractivity contribution in [3.8, 4) is 0 Å². The highest BCUT2D eigenvalue weighted by Crippen LogP contribution is 2.16. The molecule has 5 nitrogen and oxygen atoms in total. The van der Waals surface area contributed by atoms with Crippen molar-refractivity contribution < 1.29 is 4.79 Å². The average Bonchev–Trinajstić information content (AvgIpc) is 2.29. The minimum atomic E-state index is -0.0135. The van der Waals surface area contributed by atoms with E-state index in [9.17, 15) is 4.79 Å². The first-order chi connectivity index (χ1) is 7.66. The zero-order valence-corrected chi connectivity index (χ0v) is 9.31. The molecule has 1 unspecified atom stereocenters. The van der Waals surface area contributed by atoms with Gasteiger partial charge in [0.05, 0.1) is 6.54 Å². The standard InChI is InChI=1S/C11H16N4O/c1-8(12)9-2-3-13-10(6-9)15-5-4-14-11(16)7-15/h2-3,6,8H,4-5,7,12H2,1H3,(H,14,16). The number of hydrogen-bond acceptors (Lipinski definition) is 4. The molecule has 1 atom stereocenters. The molecule has 1 aromatic heterocycles. The van der Waals surface area contributed by atoms with Gasteiger partial charge in [-0.25, -0.2) is 4.98 Å². The Morgan fingerprint density at radius 3 is 3.12 bits per heavy atom. The van der Waals surface area contributed by atoms with E-state index in [1.807, 2.05) is 24.0 Å². The van der Waals surface area contributed by atoms with E-state index in [1.54, 1.807) is 6.20 Å². The van der Waals surface area contributed by atoms with Crippen LogP contribution in [0.3, 0.4) is 0 Å². The van der Waals surface area contributed by atoms with Gasteiger partial charge in [-0.15, -0.1) is 0 Å². The molecule has 5 heteroatoms. The number of hydrogen-bond donors (Lipinski definition) is 2. The molecule has 0 saturated carbocycles.